The lowest BCUT2D eigenvalue weighted by Crippen LogP contribution is -2.13. The van der Waals surface area contributed by atoms with Crippen LogP contribution in [0.2, 0.25) is 0 Å². The summed E-state index contributed by atoms with van der Waals surface area (Å²) >= 11 is 0. The molecule has 0 fully saturated rings. The lowest BCUT2D eigenvalue weighted by molar-refractivity contribution is 0.513. The third-order valence-corrected chi connectivity index (χ3v) is 2.63. The van der Waals surface area contributed by atoms with E-state index in [1.165, 1.54) is 24.2 Å². The first-order chi connectivity index (χ1) is 5.92. The first-order valence-corrected chi connectivity index (χ1v) is 4.64. The lowest BCUT2D eigenvalue weighted by Gasteiger charge is -2.20. The van der Waals surface area contributed by atoms with Crippen LogP contribution in [0.15, 0.2) is 6.33 Å². The summed E-state index contributed by atoms with van der Waals surface area (Å²) in [5.74, 6) is 0.616. The number of nitrogens with zero attached hydrogens (tertiary/aromatic N) is 1. The minimum absolute atomic E-state index is 0.616. The Hall–Kier alpha value is -0.830. The zero-order valence-corrected chi connectivity index (χ0v) is 7.21. The molecular weight excluding hydrogens is 150 g/mol. The van der Waals surface area contributed by atoms with Crippen molar-refractivity contribution in [3.63, 3.8) is 0 Å². The molecule has 0 spiro atoms. The topological polar surface area (TPSA) is 54.7 Å². The standard InChI is InChI=1S/C9H15N3/c10-5-4-7-2-1-3-8-9(7)12-6-11-8/h6-7H,1-5,10H2,(H,11,12)/t7-/m1/s1. The van der Waals surface area contributed by atoms with Crippen LogP contribution in [0.4, 0.5) is 0 Å². The first-order valence-electron chi connectivity index (χ1n) is 4.64. The Balaban J connectivity index is 2.19. The molecule has 0 aromatic carbocycles. The number of aromatic nitrogens is 2. The Kier molecular flexibility index (Phi) is 2.13. The van der Waals surface area contributed by atoms with Gasteiger partial charge in [0.15, 0.2) is 0 Å². The van der Waals surface area contributed by atoms with E-state index in [0.29, 0.717) is 5.92 Å². The van der Waals surface area contributed by atoms with Crippen LogP contribution in [0.3, 0.4) is 0 Å². The highest BCUT2D eigenvalue weighted by Gasteiger charge is 2.21. The Morgan fingerprint density at radius 3 is 3.42 bits per heavy atom. The fourth-order valence-electron chi connectivity index (χ4n) is 2.03. The fourth-order valence-corrected chi connectivity index (χ4v) is 2.03. The monoisotopic (exact) mass is 165 g/mol. The molecule has 0 radical (unpaired) electrons. The average Bonchev–Trinajstić information content (AvgIpc) is 2.53. The normalized spacial score (nSPS) is 22.2. The van der Waals surface area contributed by atoms with Gasteiger partial charge in [-0.25, -0.2) is 4.98 Å². The van der Waals surface area contributed by atoms with E-state index in [1.54, 1.807) is 6.33 Å². The van der Waals surface area contributed by atoms with E-state index < -0.39 is 0 Å². The lowest BCUT2D eigenvalue weighted by atomic mass is 9.88. The highest BCUT2D eigenvalue weighted by Crippen LogP contribution is 2.30. The second-order valence-corrected chi connectivity index (χ2v) is 3.43. The molecule has 3 N–H and O–H groups in total. The number of aryl methyl sites for hydroxylation is 1. The Bertz CT molecular complexity index is 254. The molecule has 1 heterocycles. The molecule has 1 aromatic heterocycles. The van der Waals surface area contributed by atoms with Crippen molar-refractivity contribution in [2.24, 2.45) is 5.73 Å². The zero-order valence-electron chi connectivity index (χ0n) is 7.21. The van der Waals surface area contributed by atoms with Crippen molar-refractivity contribution in [3.05, 3.63) is 17.7 Å². The minimum atomic E-state index is 0.616. The van der Waals surface area contributed by atoms with Gasteiger partial charge in [-0.15, -0.1) is 0 Å². The van der Waals surface area contributed by atoms with Gasteiger partial charge in [-0.1, -0.05) is 0 Å². The summed E-state index contributed by atoms with van der Waals surface area (Å²) in [6.45, 7) is 0.775. The molecule has 1 aliphatic rings. The van der Waals surface area contributed by atoms with E-state index in [9.17, 15) is 0 Å². The maximum Gasteiger partial charge on any atom is 0.0925 e. The minimum Gasteiger partial charge on any atom is -0.348 e. The van der Waals surface area contributed by atoms with Gasteiger partial charge in [0.25, 0.3) is 0 Å². The maximum atomic E-state index is 5.55. The van der Waals surface area contributed by atoms with E-state index in [2.05, 4.69) is 9.97 Å². The maximum absolute atomic E-state index is 5.55. The largest absolute Gasteiger partial charge is 0.348 e. The van der Waals surface area contributed by atoms with Crippen molar-refractivity contribution in [1.29, 1.82) is 0 Å². The van der Waals surface area contributed by atoms with Crippen molar-refractivity contribution in [3.8, 4) is 0 Å². The van der Waals surface area contributed by atoms with Crippen LogP contribution in [0.5, 0.6) is 0 Å². The van der Waals surface area contributed by atoms with Gasteiger partial charge in [-0.3, -0.25) is 0 Å². The third-order valence-electron chi connectivity index (χ3n) is 2.63. The van der Waals surface area contributed by atoms with Gasteiger partial charge in [-0.2, -0.15) is 0 Å². The molecular formula is C9H15N3. The third kappa shape index (κ3) is 1.25. The summed E-state index contributed by atoms with van der Waals surface area (Å²) in [6.07, 6.45) is 6.59. The van der Waals surface area contributed by atoms with Crippen molar-refractivity contribution >= 4 is 0 Å². The van der Waals surface area contributed by atoms with Crippen LogP contribution in [0.25, 0.3) is 0 Å². The highest BCUT2D eigenvalue weighted by molar-refractivity contribution is 5.19. The second-order valence-electron chi connectivity index (χ2n) is 3.43. The number of H-pyrrole nitrogens is 1. The first kappa shape index (κ1) is 7.80. The predicted molar refractivity (Wildman–Crippen MR) is 47.9 cm³/mol. The molecule has 0 aliphatic heterocycles. The van der Waals surface area contributed by atoms with Crippen LogP contribution >= 0.6 is 0 Å². The van der Waals surface area contributed by atoms with Gasteiger partial charge >= 0.3 is 0 Å². The smallest absolute Gasteiger partial charge is 0.0925 e. The molecule has 1 aromatic rings. The molecule has 2 rings (SSSR count). The van der Waals surface area contributed by atoms with E-state index in [-0.39, 0.29) is 0 Å². The molecule has 1 atom stereocenters. The van der Waals surface area contributed by atoms with Crippen LogP contribution in [-0.2, 0) is 6.42 Å². The predicted octanol–water partition coefficient (Wildman–Crippen LogP) is 1.18. The summed E-state index contributed by atoms with van der Waals surface area (Å²) in [6, 6.07) is 0. The molecule has 0 bridgehead atoms. The Labute approximate surface area is 72.4 Å². The summed E-state index contributed by atoms with van der Waals surface area (Å²) in [7, 11) is 0. The van der Waals surface area contributed by atoms with Crippen LogP contribution in [0, 0.1) is 0 Å². The molecule has 1 aliphatic carbocycles. The van der Waals surface area contributed by atoms with Crippen LogP contribution in [-0.4, -0.2) is 16.5 Å². The van der Waals surface area contributed by atoms with Gasteiger partial charge < -0.3 is 10.7 Å². The highest BCUT2D eigenvalue weighted by atomic mass is 14.9. The molecule has 0 saturated carbocycles. The molecule has 3 nitrogen and oxygen atoms in total. The summed E-state index contributed by atoms with van der Waals surface area (Å²) in [5.41, 5.74) is 8.15. The van der Waals surface area contributed by atoms with Crippen LogP contribution < -0.4 is 5.73 Å². The van der Waals surface area contributed by atoms with Crippen molar-refractivity contribution in [2.45, 2.75) is 31.6 Å². The summed E-state index contributed by atoms with van der Waals surface area (Å²) < 4.78 is 0. The number of fused-ring (bicyclic) bond motifs is 1. The van der Waals surface area contributed by atoms with E-state index in [1.807, 2.05) is 0 Å². The van der Waals surface area contributed by atoms with Gasteiger partial charge in [0.1, 0.15) is 0 Å². The van der Waals surface area contributed by atoms with E-state index >= 15 is 0 Å². The van der Waals surface area contributed by atoms with Crippen molar-refractivity contribution in [1.82, 2.24) is 9.97 Å². The Morgan fingerprint density at radius 1 is 1.67 bits per heavy atom. The quantitative estimate of drug-likeness (QED) is 0.691. The van der Waals surface area contributed by atoms with Crippen molar-refractivity contribution < 1.29 is 0 Å². The molecule has 3 heteroatoms. The number of aromatic amines is 1. The van der Waals surface area contributed by atoms with Gasteiger partial charge in [0.05, 0.1) is 12.0 Å². The molecule has 0 amide bonds. The SMILES string of the molecule is NCC[C@H]1CCCc2[nH]cnc21. The molecule has 12 heavy (non-hydrogen) atoms. The number of nitrogens with two attached hydrogens (primary N) is 1. The molecule has 66 valence electrons. The van der Waals surface area contributed by atoms with Gasteiger partial charge in [0.2, 0.25) is 0 Å². The molecule has 0 unspecified atom stereocenters. The van der Waals surface area contributed by atoms with E-state index in [4.69, 9.17) is 5.73 Å². The average molecular weight is 165 g/mol. The fraction of sp³-hybridized carbons (Fsp3) is 0.667. The number of hydrogen-bond acceptors (Lipinski definition) is 2. The number of nitrogens with one attached hydrogen (secondary N) is 1. The Morgan fingerprint density at radius 2 is 2.58 bits per heavy atom. The number of imidazole rings is 1. The summed E-state index contributed by atoms with van der Waals surface area (Å²) in [5, 5.41) is 0. The zero-order chi connectivity index (χ0) is 8.39. The number of hydrogen-bond donors (Lipinski definition) is 2. The number of rotatable bonds is 2. The molecule has 0 saturated heterocycles. The van der Waals surface area contributed by atoms with Gasteiger partial charge in [0, 0.05) is 11.6 Å². The van der Waals surface area contributed by atoms with Gasteiger partial charge in [-0.05, 0) is 32.2 Å². The van der Waals surface area contributed by atoms with Crippen molar-refractivity contribution in [2.75, 3.05) is 6.54 Å². The summed E-state index contributed by atoms with van der Waals surface area (Å²) in [4.78, 5) is 7.54. The second kappa shape index (κ2) is 3.27. The van der Waals surface area contributed by atoms with Crippen LogP contribution in [0.1, 0.15) is 36.6 Å². The van der Waals surface area contributed by atoms with E-state index in [0.717, 1.165) is 19.4 Å².